The number of piperidine rings is 1. The molecule has 1 fully saturated rings. The molecule has 4 rings (SSSR count). The Kier molecular flexibility index (Phi) is 6.48. The summed E-state index contributed by atoms with van der Waals surface area (Å²) in [6, 6.07) is 10.9. The Morgan fingerprint density at radius 3 is 2.72 bits per heavy atom. The van der Waals surface area contributed by atoms with E-state index in [1.165, 1.54) is 0 Å². The maximum absolute atomic E-state index is 13.2. The molecule has 0 bridgehead atoms. The summed E-state index contributed by atoms with van der Waals surface area (Å²) in [6.45, 7) is 1.39. The van der Waals surface area contributed by atoms with E-state index in [9.17, 15) is 14.9 Å². The number of nitro benzene ring substituents is 1. The first-order valence-corrected chi connectivity index (χ1v) is 11.0. The van der Waals surface area contributed by atoms with Crippen molar-refractivity contribution >= 4 is 17.3 Å². The summed E-state index contributed by atoms with van der Waals surface area (Å²) >= 11 is 0. The van der Waals surface area contributed by atoms with Crippen LogP contribution in [0.5, 0.6) is 11.5 Å². The second kappa shape index (κ2) is 9.46. The molecule has 8 heteroatoms. The van der Waals surface area contributed by atoms with Crippen LogP contribution in [-0.4, -0.2) is 44.2 Å². The van der Waals surface area contributed by atoms with Gasteiger partial charge in [-0.15, -0.1) is 0 Å². The lowest BCUT2D eigenvalue weighted by Gasteiger charge is -2.45. The largest absolute Gasteiger partial charge is 0.493 e. The van der Waals surface area contributed by atoms with E-state index in [2.05, 4.69) is 10.2 Å². The fourth-order valence-corrected chi connectivity index (χ4v) is 4.94. The number of anilines is 1. The summed E-state index contributed by atoms with van der Waals surface area (Å²) in [5.74, 6) is 1.14. The highest BCUT2D eigenvalue weighted by molar-refractivity contribution is 5.82. The summed E-state index contributed by atoms with van der Waals surface area (Å²) in [4.78, 5) is 26.3. The summed E-state index contributed by atoms with van der Waals surface area (Å²) in [5, 5.41) is 14.3. The van der Waals surface area contributed by atoms with Crippen molar-refractivity contribution in [2.24, 2.45) is 5.92 Å². The van der Waals surface area contributed by atoms with Crippen LogP contribution in [-0.2, 0) is 17.6 Å². The third-order valence-electron chi connectivity index (χ3n) is 6.53. The fraction of sp³-hybridized carbons (Fsp3) is 0.458. The molecular formula is C24H29N3O5. The summed E-state index contributed by atoms with van der Waals surface area (Å²) in [7, 11) is 3.20. The number of nitrogens with one attached hydrogen (secondary N) is 1. The maximum Gasteiger partial charge on any atom is 0.269 e. The molecule has 1 amide bonds. The van der Waals surface area contributed by atoms with Crippen LogP contribution < -0.4 is 19.7 Å². The minimum atomic E-state index is -0.374. The average Bonchev–Trinajstić information content (AvgIpc) is 2.82. The Bertz CT molecular complexity index is 1010. The first kappa shape index (κ1) is 21.9. The minimum absolute atomic E-state index is 0.0135. The zero-order chi connectivity index (χ0) is 22.7. The molecule has 32 heavy (non-hydrogen) atoms. The quantitative estimate of drug-likeness (QED) is 0.524. The number of benzene rings is 2. The van der Waals surface area contributed by atoms with Crippen molar-refractivity contribution in [2.45, 2.75) is 38.1 Å². The molecule has 8 nitrogen and oxygen atoms in total. The number of methoxy groups -OCH3 is 2. The van der Waals surface area contributed by atoms with Crippen molar-refractivity contribution in [1.29, 1.82) is 0 Å². The van der Waals surface area contributed by atoms with Gasteiger partial charge in [0.05, 0.1) is 25.1 Å². The molecule has 0 unspecified atom stereocenters. The van der Waals surface area contributed by atoms with Gasteiger partial charge in [0, 0.05) is 37.0 Å². The van der Waals surface area contributed by atoms with Crippen molar-refractivity contribution in [3.05, 3.63) is 57.6 Å². The van der Waals surface area contributed by atoms with Gasteiger partial charge in [-0.2, -0.15) is 0 Å². The van der Waals surface area contributed by atoms with Crippen molar-refractivity contribution < 1.29 is 19.2 Å². The van der Waals surface area contributed by atoms with E-state index < -0.39 is 0 Å². The van der Waals surface area contributed by atoms with Crippen LogP contribution in [0.1, 0.15) is 30.4 Å². The number of carbonyl (C=O) groups is 1. The van der Waals surface area contributed by atoms with Crippen LogP contribution in [0.4, 0.5) is 11.4 Å². The Hall–Kier alpha value is -3.29. The SMILES string of the molecule is COc1ccc(CCNC(=O)[C@@H]2Cc3cc([N+](=O)[O-])ccc3N3CCCC[C@H]23)cc1OC. The van der Waals surface area contributed by atoms with E-state index in [0.717, 1.165) is 42.6 Å². The number of ether oxygens (including phenoxy) is 2. The fourth-order valence-electron chi connectivity index (χ4n) is 4.94. The lowest BCUT2D eigenvalue weighted by molar-refractivity contribution is -0.384. The molecule has 2 atom stereocenters. The molecule has 0 spiro atoms. The van der Waals surface area contributed by atoms with Crippen LogP contribution in [0, 0.1) is 16.0 Å². The van der Waals surface area contributed by atoms with E-state index in [0.29, 0.717) is 30.9 Å². The first-order chi connectivity index (χ1) is 15.5. The number of non-ortho nitro benzene ring substituents is 1. The second-order valence-electron chi connectivity index (χ2n) is 8.37. The lowest BCUT2D eigenvalue weighted by Crippen LogP contribution is -2.53. The zero-order valence-corrected chi connectivity index (χ0v) is 18.5. The van der Waals surface area contributed by atoms with Crippen LogP contribution in [0.15, 0.2) is 36.4 Å². The number of amides is 1. The molecule has 2 heterocycles. The van der Waals surface area contributed by atoms with Gasteiger partial charge < -0.3 is 19.7 Å². The summed E-state index contributed by atoms with van der Waals surface area (Å²) < 4.78 is 10.6. The van der Waals surface area contributed by atoms with Crippen molar-refractivity contribution in [3.63, 3.8) is 0 Å². The molecule has 2 aliphatic rings. The van der Waals surface area contributed by atoms with Gasteiger partial charge in [-0.25, -0.2) is 0 Å². The number of nitro groups is 1. The van der Waals surface area contributed by atoms with Gasteiger partial charge in [-0.3, -0.25) is 14.9 Å². The number of rotatable bonds is 7. The molecule has 2 aliphatic heterocycles. The molecule has 0 saturated carbocycles. The van der Waals surface area contributed by atoms with Crippen molar-refractivity contribution in [1.82, 2.24) is 5.32 Å². The smallest absolute Gasteiger partial charge is 0.269 e. The van der Waals surface area contributed by atoms with Crippen LogP contribution >= 0.6 is 0 Å². The minimum Gasteiger partial charge on any atom is -0.493 e. The molecule has 0 aromatic heterocycles. The Morgan fingerprint density at radius 1 is 1.16 bits per heavy atom. The number of nitrogens with zero attached hydrogens (tertiary/aromatic N) is 2. The van der Waals surface area contributed by atoms with Crippen LogP contribution in [0.3, 0.4) is 0 Å². The van der Waals surface area contributed by atoms with Crippen molar-refractivity contribution in [2.75, 3.05) is 32.2 Å². The number of hydrogen-bond acceptors (Lipinski definition) is 6. The van der Waals surface area contributed by atoms with Gasteiger partial charge in [-0.1, -0.05) is 6.07 Å². The number of fused-ring (bicyclic) bond motifs is 3. The highest BCUT2D eigenvalue weighted by Crippen LogP contribution is 2.40. The summed E-state index contributed by atoms with van der Waals surface area (Å²) in [5.41, 5.74) is 3.05. The van der Waals surface area contributed by atoms with Gasteiger partial charge in [0.1, 0.15) is 0 Å². The third kappa shape index (κ3) is 4.35. The Labute approximate surface area is 187 Å². The monoisotopic (exact) mass is 439 g/mol. The molecule has 1 N–H and O–H groups in total. The highest BCUT2D eigenvalue weighted by atomic mass is 16.6. The van der Waals surface area contributed by atoms with Crippen LogP contribution in [0.2, 0.25) is 0 Å². The van der Waals surface area contributed by atoms with Crippen molar-refractivity contribution in [3.8, 4) is 11.5 Å². The van der Waals surface area contributed by atoms with Gasteiger partial charge in [0.25, 0.3) is 5.69 Å². The standard InChI is InChI=1S/C24H29N3O5/c1-31-22-9-6-16(13-23(22)32-2)10-11-25-24(28)19-15-17-14-18(27(29)30)7-8-20(17)26-12-4-3-5-21(19)26/h6-9,13-14,19,21H,3-5,10-12,15H2,1-2H3,(H,25,28)/t19-,21-/m1/s1. The van der Waals surface area contributed by atoms with Crippen LogP contribution in [0.25, 0.3) is 0 Å². The molecular weight excluding hydrogens is 410 g/mol. The third-order valence-corrected chi connectivity index (χ3v) is 6.53. The van der Waals surface area contributed by atoms with Gasteiger partial charge >= 0.3 is 0 Å². The van der Waals surface area contributed by atoms with Gasteiger partial charge in [0.2, 0.25) is 5.91 Å². The van der Waals surface area contributed by atoms with E-state index in [1.807, 2.05) is 24.3 Å². The first-order valence-electron chi connectivity index (χ1n) is 11.0. The number of hydrogen-bond donors (Lipinski definition) is 1. The molecule has 1 saturated heterocycles. The number of carbonyl (C=O) groups excluding carboxylic acids is 1. The topological polar surface area (TPSA) is 93.9 Å². The van der Waals surface area contributed by atoms with E-state index in [-0.39, 0.29) is 28.5 Å². The second-order valence-corrected chi connectivity index (χ2v) is 8.37. The predicted octanol–water partition coefficient (Wildman–Crippen LogP) is 3.50. The van der Waals surface area contributed by atoms with E-state index >= 15 is 0 Å². The molecule has 0 radical (unpaired) electrons. The maximum atomic E-state index is 13.2. The van der Waals surface area contributed by atoms with E-state index in [1.54, 1.807) is 26.4 Å². The average molecular weight is 440 g/mol. The molecule has 170 valence electrons. The molecule has 2 aromatic carbocycles. The summed E-state index contributed by atoms with van der Waals surface area (Å²) in [6.07, 6.45) is 4.33. The van der Waals surface area contributed by atoms with Gasteiger partial charge in [0.15, 0.2) is 11.5 Å². The Morgan fingerprint density at radius 2 is 1.97 bits per heavy atom. The van der Waals surface area contributed by atoms with Gasteiger partial charge in [-0.05, 0) is 61.4 Å². The predicted molar refractivity (Wildman–Crippen MR) is 122 cm³/mol. The normalized spacial score (nSPS) is 19.5. The zero-order valence-electron chi connectivity index (χ0n) is 18.5. The molecule has 2 aromatic rings. The highest BCUT2D eigenvalue weighted by Gasteiger charge is 2.39. The molecule has 0 aliphatic carbocycles. The van der Waals surface area contributed by atoms with E-state index in [4.69, 9.17) is 9.47 Å². The Balaban J connectivity index is 1.46. The lowest BCUT2D eigenvalue weighted by atomic mass is 9.80.